The number of aromatic amines is 1. The summed E-state index contributed by atoms with van der Waals surface area (Å²) < 4.78 is 0. The van der Waals surface area contributed by atoms with Crippen molar-refractivity contribution < 1.29 is 4.79 Å². The lowest BCUT2D eigenvalue weighted by Crippen LogP contribution is -2.29. The van der Waals surface area contributed by atoms with Crippen molar-refractivity contribution in [3.05, 3.63) is 47.5 Å². The summed E-state index contributed by atoms with van der Waals surface area (Å²) in [5.74, 6) is 0.582. The maximum absolute atomic E-state index is 12.1. The van der Waals surface area contributed by atoms with Crippen molar-refractivity contribution in [2.75, 3.05) is 0 Å². The Kier molecular flexibility index (Phi) is 4.28. The number of hydrogen-bond donors (Lipinski definition) is 2. The molecular weight excluding hydrogens is 240 g/mol. The second kappa shape index (κ2) is 6.13. The van der Waals surface area contributed by atoms with E-state index < -0.39 is 0 Å². The summed E-state index contributed by atoms with van der Waals surface area (Å²) in [6.07, 6.45) is 1.88. The molecule has 5 heteroatoms. The smallest absolute Gasteiger partial charge is 0.291 e. The Hall–Kier alpha value is -2.17. The van der Waals surface area contributed by atoms with Crippen LogP contribution in [0, 0.1) is 6.92 Å². The summed E-state index contributed by atoms with van der Waals surface area (Å²) in [5, 5.41) is 9.53. The fourth-order valence-electron chi connectivity index (χ4n) is 1.96. The molecule has 1 atom stereocenters. The Morgan fingerprint density at radius 1 is 1.37 bits per heavy atom. The van der Waals surface area contributed by atoms with Crippen LogP contribution in [0.1, 0.15) is 47.8 Å². The van der Waals surface area contributed by atoms with E-state index in [-0.39, 0.29) is 17.8 Å². The topological polar surface area (TPSA) is 70.7 Å². The predicted octanol–water partition coefficient (Wildman–Crippen LogP) is 2.38. The summed E-state index contributed by atoms with van der Waals surface area (Å²) in [4.78, 5) is 16.1. The second-order valence-electron chi connectivity index (χ2n) is 4.47. The molecule has 2 rings (SSSR count). The normalized spacial score (nSPS) is 12.1. The fourth-order valence-corrected chi connectivity index (χ4v) is 1.96. The van der Waals surface area contributed by atoms with Gasteiger partial charge < -0.3 is 5.32 Å². The van der Waals surface area contributed by atoms with E-state index in [0.29, 0.717) is 5.82 Å². The minimum atomic E-state index is -0.244. The van der Waals surface area contributed by atoms with Gasteiger partial charge in [0.2, 0.25) is 5.82 Å². The molecule has 0 fully saturated rings. The molecule has 2 aromatic rings. The van der Waals surface area contributed by atoms with Gasteiger partial charge in [-0.15, -0.1) is 5.10 Å². The van der Waals surface area contributed by atoms with Crippen LogP contribution in [0.5, 0.6) is 0 Å². The zero-order chi connectivity index (χ0) is 13.7. The van der Waals surface area contributed by atoms with E-state index in [2.05, 4.69) is 27.4 Å². The number of nitrogens with zero attached hydrogens (tertiary/aromatic N) is 2. The molecule has 1 heterocycles. The van der Waals surface area contributed by atoms with Gasteiger partial charge in [0.15, 0.2) is 0 Å². The zero-order valence-electron chi connectivity index (χ0n) is 11.2. The number of hydrogen-bond acceptors (Lipinski definition) is 3. The number of nitrogens with one attached hydrogen (secondary N) is 2. The van der Waals surface area contributed by atoms with Crippen molar-refractivity contribution in [1.29, 1.82) is 0 Å². The predicted molar refractivity (Wildman–Crippen MR) is 72.7 cm³/mol. The van der Waals surface area contributed by atoms with E-state index in [1.54, 1.807) is 6.92 Å². The van der Waals surface area contributed by atoms with E-state index in [1.165, 1.54) is 0 Å². The zero-order valence-corrected chi connectivity index (χ0v) is 11.2. The van der Waals surface area contributed by atoms with Gasteiger partial charge in [-0.3, -0.25) is 9.89 Å². The van der Waals surface area contributed by atoms with Crippen molar-refractivity contribution in [3.63, 3.8) is 0 Å². The number of aryl methyl sites for hydroxylation is 1. The van der Waals surface area contributed by atoms with Gasteiger partial charge >= 0.3 is 0 Å². The van der Waals surface area contributed by atoms with Crippen molar-refractivity contribution in [3.8, 4) is 0 Å². The maximum atomic E-state index is 12.1. The van der Waals surface area contributed by atoms with Crippen molar-refractivity contribution in [1.82, 2.24) is 20.5 Å². The molecule has 0 radical (unpaired) electrons. The Bertz CT molecular complexity index is 535. The molecule has 5 nitrogen and oxygen atoms in total. The van der Waals surface area contributed by atoms with Gasteiger partial charge in [0.25, 0.3) is 5.91 Å². The molecule has 1 aromatic heterocycles. The van der Waals surface area contributed by atoms with Crippen LogP contribution in [0.15, 0.2) is 30.3 Å². The van der Waals surface area contributed by atoms with Crippen LogP contribution in [-0.4, -0.2) is 21.1 Å². The van der Waals surface area contributed by atoms with Crippen molar-refractivity contribution in [2.24, 2.45) is 0 Å². The Balaban J connectivity index is 2.11. The standard InChI is InChI=1S/C14H18N4O/c1-3-7-12(11-8-5-4-6-9-11)16-14(19)13-15-10(2)17-18-13/h4-6,8-9,12H,3,7H2,1-2H3,(H,16,19)(H,15,17,18). The third-order valence-electron chi connectivity index (χ3n) is 2.88. The van der Waals surface area contributed by atoms with E-state index in [4.69, 9.17) is 0 Å². The number of benzene rings is 1. The van der Waals surface area contributed by atoms with E-state index in [9.17, 15) is 4.79 Å². The average Bonchev–Trinajstić information content (AvgIpc) is 2.86. The van der Waals surface area contributed by atoms with Crippen LogP contribution in [0.2, 0.25) is 0 Å². The minimum absolute atomic E-state index is 0.00231. The molecule has 0 spiro atoms. The molecule has 100 valence electrons. The molecule has 19 heavy (non-hydrogen) atoms. The molecule has 1 amide bonds. The molecule has 0 aliphatic carbocycles. The summed E-state index contributed by atoms with van der Waals surface area (Å²) >= 11 is 0. The number of carbonyl (C=O) groups excluding carboxylic acids is 1. The van der Waals surface area contributed by atoms with Crippen molar-refractivity contribution in [2.45, 2.75) is 32.7 Å². The lowest BCUT2D eigenvalue weighted by Gasteiger charge is -2.17. The molecule has 0 aliphatic rings. The number of carbonyl (C=O) groups is 1. The highest BCUT2D eigenvalue weighted by atomic mass is 16.2. The first kappa shape index (κ1) is 13.3. The number of amides is 1. The maximum Gasteiger partial charge on any atom is 0.291 e. The highest BCUT2D eigenvalue weighted by Gasteiger charge is 2.17. The van der Waals surface area contributed by atoms with E-state index >= 15 is 0 Å². The van der Waals surface area contributed by atoms with Crippen LogP contribution in [0.3, 0.4) is 0 Å². The van der Waals surface area contributed by atoms with Crippen LogP contribution in [-0.2, 0) is 0 Å². The number of aromatic nitrogens is 3. The molecular formula is C14H18N4O. The Morgan fingerprint density at radius 3 is 2.68 bits per heavy atom. The fraction of sp³-hybridized carbons (Fsp3) is 0.357. The number of rotatable bonds is 5. The minimum Gasteiger partial charge on any atom is -0.342 e. The first-order chi connectivity index (χ1) is 9.20. The molecule has 1 aromatic carbocycles. The van der Waals surface area contributed by atoms with E-state index in [1.807, 2.05) is 30.3 Å². The lowest BCUT2D eigenvalue weighted by atomic mass is 10.0. The SMILES string of the molecule is CCCC(NC(=O)c1n[nH]c(C)n1)c1ccccc1. The van der Waals surface area contributed by atoms with E-state index in [0.717, 1.165) is 18.4 Å². The molecule has 1 unspecified atom stereocenters. The van der Waals surface area contributed by atoms with Crippen molar-refractivity contribution >= 4 is 5.91 Å². The highest BCUT2D eigenvalue weighted by molar-refractivity contribution is 5.90. The Labute approximate surface area is 112 Å². The second-order valence-corrected chi connectivity index (χ2v) is 4.47. The largest absolute Gasteiger partial charge is 0.342 e. The lowest BCUT2D eigenvalue weighted by molar-refractivity contribution is 0.0924. The Morgan fingerprint density at radius 2 is 2.11 bits per heavy atom. The van der Waals surface area contributed by atoms with Gasteiger partial charge in [0, 0.05) is 0 Å². The molecule has 0 aliphatic heterocycles. The monoisotopic (exact) mass is 258 g/mol. The van der Waals surface area contributed by atoms with Gasteiger partial charge in [-0.1, -0.05) is 43.7 Å². The van der Waals surface area contributed by atoms with Gasteiger partial charge in [0.05, 0.1) is 6.04 Å². The van der Waals surface area contributed by atoms with Gasteiger partial charge in [-0.25, -0.2) is 4.98 Å². The summed E-state index contributed by atoms with van der Waals surface area (Å²) in [7, 11) is 0. The first-order valence-electron chi connectivity index (χ1n) is 6.45. The quantitative estimate of drug-likeness (QED) is 0.865. The molecule has 0 saturated carbocycles. The van der Waals surface area contributed by atoms with Crippen LogP contribution < -0.4 is 5.32 Å². The summed E-state index contributed by atoms with van der Waals surface area (Å²) in [5.41, 5.74) is 1.10. The van der Waals surface area contributed by atoms with Crippen LogP contribution in [0.4, 0.5) is 0 Å². The summed E-state index contributed by atoms with van der Waals surface area (Å²) in [6, 6.07) is 9.94. The molecule has 2 N–H and O–H groups in total. The van der Waals surface area contributed by atoms with Gasteiger partial charge in [0.1, 0.15) is 5.82 Å². The third-order valence-corrected chi connectivity index (χ3v) is 2.88. The first-order valence-corrected chi connectivity index (χ1v) is 6.45. The van der Waals surface area contributed by atoms with Gasteiger partial charge in [-0.05, 0) is 18.9 Å². The molecule has 0 bridgehead atoms. The highest BCUT2D eigenvalue weighted by Crippen LogP contribution is 2.18. The summed E-state index contributed by atoms with van der Waals surface area (Å²) in [6.45, 7) is 3.86. The average molecular weight is 258 g/mol. The third kappa shape index (κ3) is 3.40. The van der Waals surface area contributed by atoms with Crippen LogP contribution >= 0.6 is 0 Å². The number of H-pyrrole nitrogens is 1. The van der Waals surface area contributed by atoms with Crippen LogP contribution in [0.25, 0.3) is 0 Å². The van der Waals surface area contributed by atoms with Gasteiger partial charge in [-0.2, -0.15) is 0 Å². The molecule has 0 saturated heterocycles.